The van der Waals surface area contributed by atoms with Gasteiger partial charge in [-0.2, -0.15) is 0 Å². The van der Waals surface area contributed by atoms with Crippen LogP contribution in [0.4, 0.5) is 8.78 Å². The normalized spacial score (nSPS) is 12.2. The largest absolute Gasteiger partial charge is 0.494 e. The van der Waals surface area contributed by atoms with Gasteiger partial charge in [0.05, 0.1) is 7.11 Å². The van der Waals surface area contributed by atoms with Crippen LogP contribution in [0.3, 0.4) is 0 Å². The molecular formula is C15H15F2NOS. The Bertz CT molecular complexity index is 592. The van der Waals surface area contributed by atoms with Gasteiger partial charge in [0, 0.05) is 22.3 Å². The van der Waals surface area contributed by atoms with Crippen LogP contribution in [0.1, 0.15) is 11.6 Å². The van der Waals surface area contributed by atoms with E-state index in [0.29, 0.717) is 16.2 Å². The number of hydrogen-bond donors (Lipinski definition) is 1. The maximum absolute atomic E-state index is 14.0. The molecule has 0 radical (unpaired) electrons. The number of ether oxygens (including phenoxy) is 1. The fourth-order valence-corrected chi connectivity index (χ4v) is 2.72. The lowest BCUT2D eigenvalue weighted by Crippen LogP contribution is -2.15. The lowest BCUT2D eigenvalue weighted by Gasteiger charge is -2.14. The van der Waals surface area contributed by atoms with Crippen LogP contribution in [0, 0.1) is 11.6 Å². The molecule has 0 heterocycles. The van der Waals surface area contributed by atoms with Crippen LogP contribution in [0.5, 0.6) is 5.75 Å². The second kappa shape index (κ2) is 6.72. The van der Waals surface area contributed by atoms with Crippen molar-refractivity contribution in [2.45, 2.75) is 10.9 Å². The summed E-state index contributed by atoms with van der Waals surface area (Å²) >= 11 is 1.26. The van der Waals surface area contributed by atoms with E-state index in [1.807, 2.05) is 0 Å². The van der Waals surface area contributed by atoms with Crippen LogP contribution in [0.15, 0.2) is 47.4 Å². The fourth-order valence-electron chi connectivity index (χ4n) is 1.80. The molecule has 2 rings (SSSR count). The highest BCUT2D eigenvalue weighted by atomic mass is 32.2. The zero-order valence-electron chi connectivity index (χ0n) is 11.0. The van der Waals surface area contributed by atoms with E-state index in [-0.39, 0.29) is 11.6 Å². The molecule has 2 aromatic rings. The summed E-state index contributed by atoms with van der Waals surface area (Å²) in [7, 11) is 1.40. The Morgan fingerprint density at radius 3 is 2.60 bits per heavy atom. The van der Waals surface area contributed by atoms with Gasteiger partial charge < -0.3 is 10.5 Å². The number of halogens is 2. The van der Waals surface area contributed by atoms with Crippen LogP contribution in [0.25, 0.3) is 0 Å². The van der Waals surface area contributed by atoms with Crippen LogP contribution in [-0.4, -0.2) is 12.9 Å². The number of hydrogen-bond acceptors (Lipinski definition) is 3. The van der Waals surface area contributed by atoms with E-state index >= 15 is 0 Å². The molecule has 0 saturated heterocycles. The molecule has 0 aromatic heterocycles. The first-order valence-corrected chi connectivity index (χ1v) is 7.07. The molecule has 5 heteroatoms. The maximum atomic E-state index is 14.0. The molecule has 0 fully saturated rings. The summed E-state index contributed by atoms with van der Waals surface area (Å²) in [4.78, 5) is 0.506. The van der Waals surface area contributed by atoms with Crippen molar-refractivity contribution < 1.29 is 13.5 Å². The fraction of sp³-hybridized carbons (Fsp3) is 0.200. The average molecular weight is 295 g/mol. The summed E-state index contributed by atoms with van der Waals surface area (Å²) in [5, 5.41) is 0. The minimum absolute atomic E-state index is 0.161. The predicted octanol–water partition coefficient (Wildman–Crippen LogP) is 3.77. The first kappa shape index (κ1) is 14.8. The summed E-state index contributed by atoms with van der Waals surface area (Å²) < 4.78 is 32.4. The molecule has 0 aliphatic carbocycles. The third-order valence-electron chi connectivity index (χ3n) is 2.87. The standard InChI is InChI=1S/C15H15F2NOS/c1-19-13-7-4-5-10(15(13)17)12(18)9-20-14-8-3-2-6-11(14)16/h2-8,12H,9,18H2,1H3. The highest BCUT2D eigenvalue weighted by Crippen LogP contribution is 2.29. The van der Waals surface area contributed by atoms with E-state index in [0.717, 1.165) is 0 Å². The molecule has 1 atom stereocenters. The Hall–Kier alpha value is -1.59. The molecule has 0 amide bonds. The van der Waals surface area contributed by atoms with E-state index in [1.165, 1.54) is 31.0 Å². The number of methoxy groups -OCH3 is 1. The van der Waals surface area contributed by atoms with Crippen molar-refractivity contribution in [3.8, 4) is 5.75 Å². The molecule has 0 aliphatic rings. The Balaban J connectivity index is 2.09. The second-order valence-corrected chi connectivity index (χ2v) is 5.27. The number of nitrogens with two attached hydrogens (primary N) is 1. The molecule has 0 bridgehead atoms. The Morgan fingerprint density at radius 2 is 1.90 bits per heavy atom. The van der Waals surface area contributed by atoms with Gasteiger partial charge in [-0.1, -0.05) is 24.3 Å². The van der Waals surface area contributed by atoms with Gasteiger partial charge in [-0.25, -0.2) is 8.78 Å². The van der Waals surface area contributed by atoms with Crippen molar-refractivity contribution in [1.82, 2.24) is 0 Å². The topological polar surface area (TPSA) is 35.2 Å². The zero-order valence-corrected chi connectivity index (χ0v) is 11.8. The minimum atomic E-state index is -0.533. The van der Waals surface area contributed by atoms with Gasteiger partial charge in [-0.15, -0.1) is 11.8 Å². The molecule has 106 valence electrons. The molecule has 20 heavy (non-hydrogen) atoms. The van der Waals surface area contributed by atoms with Gasteiger partial charge in [0.2, 0.25) is 0 Å². The number of benzene rings is 2. The van der Waals surface area contributed by atoms with Crippen molar-refractivity contribution in [2.24, 2.45) is 5.73 Å². The SMILES string of the molecule is COc1cccc(C(N)CSc2ccccc2F)c1F. The summed E-state index contributed by atoms with van der Waals surface area (Å²) in [6.45, 7) is 0. The van der Waals surface area contributed by atoms with Gasteiger partial charge in [0.25, 0.3) is 0 Å². The third kappa shape index (κ3) is 3.29. The summed E-state index contributed by atoms with van der Waals surface area (Å²) in [6.07, 6.45) is 0. The first-order chi connectivity index (χ1) is 9.63. The minimum Gasteiger partial charge on any atom is -0.494 e. The highest BCUT2D eigenvalue weighted by Gasteiger charge is 2.15. The van der Waals surface area contributed by atoms with Crippen molar-refractivity contribution in [2.75, 3.05) is 12.9 Å². The Morgan fingerprint density at radius 1 is 1.15 bits per heavy atom. The molecule has 0 spiro atoms. The number of rotatable bonds is 5. The van der Waals surface area contributed by atoms with Gasteiger partial charge in [0.15, 0.2) is 11.6 Å². The quantitative estimate of drug-likeness (QED) is 0.853. The average Bonchev–Trinajstić information content (AvgIpc) is 2.46. The zero-order chi connectivity index (χ0) is 14.5. The Labute approximate surface area is 120 Å². The molecule has 0 saturated carbocycles. The van der Waals surface area contributed by atoms with Crippen LogP contribution >= 0.6 is 11.8 Å². The van der Waals surface area contributed by atoms with E-state index < -0.39 is 11.9 Å². The van der Waals surface area contributed by atoms with E-state index in [2.05, 4.69) is 0 Å². The van der Waals surface area contributed by atoms with E-state index in [1.54, 1.807) is 30.3 Å². The van der Waals surface area contributed by atoms with Crippen LogP contribution in [-0.2, 0) is 0 Å². The maximum Gasteiger partial charge on any atom is 0.169 e. The first-order valence-electron chi connectivity index (χ1n) is 6.08. The second-order valence-electron chi connectivity index (χ2n) is 4.21. The van der Waals surface area contributed by atoms with Gasteiger partial charge >= 0.3 is 0 Å². The highest BCUT2D eigenvalue weighted by molar-refractivity contribution is 7.99. The molecule has 2 nitrogen and oxygen atoms in total. The molecular weight excluding hydrogens is 280 g/mol. The van der Waals surface area contributed by atoms with Crippen molar-refractivity contribution in [3.63, 3.8) is 0 Å². The van der Waals surface area contributed by atoms with Crippen molar-refractivity contribution in [3.05, 3.63) is 59.7 Å². The van der Waals surface area contributed by atoms with Gasteiger partial charge in [-0.05, 0) is 18.2 Å². The Kier molecular flexibility index (Phi) is 4.98. The summed E-state index contributed by atoms with van der Waals surface area (Å²) in [6, 6.07) is 10.7. The van der Waals surface area contributed by atoms with E-state index in [4.69, 9.17) is 10.5 Å². The summed E-state index contributed by atoms with van der Waals surface area (Å²) in [5.74, 6) is -0.216. The molecule has 1 unspecified atom stereocenters. The lowest BCUT2D eigenvalue weighted by atomic mass is 10.1. The van der Waals surface area contributed by atoms with Crippen molar-refractivity contribution in [1.29, 1.82) is 0 Å². The van der Waals surface area contributed by atoms with Gasteiger partial charge in [-0.3, -0.25) is 0 Å². The third-order valence-corrected chi connectivity index (χ3v) is 4.04. The predicted molar refractivity (Wildman–Crippen MR) is 77.0 cm³/mol. The molecule has 0 aliphatic heterocycles. The lowest BCUT2D eigenvalue weighted by molar-refractivity contribution is 0.383. The van der Waals surface area contributed by atoms with Gasteiger partial charge in [0.1, 0.15) is 5.82 Å². The molecule has 2 aromatic carbocycles. The van der Waals surface area contributed by atoms with E-state index in [9.17, 15) is 8.78 Å². The monoisotopic (exact) mass is 295 g/mol. The summed E-state index contributed by atoms with van der Waals surface area (Å²) in [5.41, 5.74) is 6.35. The van der Waals surface area contributed by atoms with Crippen molar-refractivity contribution >= 4 is 11.8 Å². The van der Waals surface area contributed by atoms with Crippen LogP contribution < -0.4 is 10.5 Å². The van der Waals surface area contributed by atoms with Crippen LogP contribution in [0.2, 0.25) is 0 Å². The smallest absolute Gasteiger partial charge is 0.169 e. The molecule has 2 N–H and O–H groups in total. The number of thioether (sulfide) groups is 1.